The molecule has 0 aliphatic carbocycles. The number of hydrogen-bond donors (Lipinski definition) is 0. The summed E-state index contributed by atoms with van der Waals surface area (Å²) < 4.78 is 26.0. The number of halogens is 1. The molecule has 0 spiro atoms. The minimum atomic E-state index is -0.380. The molecule has 0 saturated heterocycles. The molecule has 0 atom stereocenters. The molecule has 8 heteroatoms. The fraction of sp³-hybridized carbons (Fsp3) is 0.174. The predicted molar refractivity (Wildman–Crippen MR) is 118 cm³/mol. The average molecular weight is 437 g/mol. The lowest BCUT2D eigenvalue weighted by Crippen LogP contribution is -2.07. The molecular weight excluding hydrogens is 417 g/mol. The van der Waals surface area contributed by atoms with Gasteiger partial charge in [-0.25, -0.2) is 9.18 Å². The van der Waals surface area contributed by atoms with E-state index in [1.807, 2.05) is 29.7 Å². The van der Waals surface area contributed by atoms with Crippen LogP contribution in [0, 0.1) is 12.7 Å². The third kappa shape index (κ3) is 4.86. The molecule has 0 bridgehead atoms. The highest BCUT2D eigenvalue weighted by molar-refractivity contribution is 7.98. The summed E-state index contributed by atoms with van der Waals surface area (Å²) in [6.07, 6.45) is 1.75. The number of nitrogens with zero attached hydrogens (tertiary/aromatic N) is 3. The van der Waals surface area contributed by atoms with Crippen LogP contribution in [0.5, 0.6) is 5.75 Å². The fourth-order valence-electron chi connectivity index (χ4n) is 3.12. The van der Waals surface area contributed by atoms with Gasteiger partial charge in [-0.15, -0.1) is 16.8 Å². The van der Waals surface area contributed by atoms with Gasteiger partial charge >= 0.3 is 5.63 Å². The van der Waals surface area contributed by atoms with Gasteiger partial charge in [0, 0.05) is 23.8 Å². The second-order valence-corrected chi connectivity index (χ2v) is 7.86. The standard InChI is InChI=1S/C23H20FN3O3S/c1-3-10-27-21(13-29-18-7-5-17(24)6-8-18)25-26-23(27)31-14-16-12-22(28)30-20-11-15(2)4-9-19(16)20/h3-9,11-12H,1,10,13-14H2,2H3. The van der Waals surface area contributed by atoms with E-state index in [0.717, 1.165) is 16.5 Å². The molecule has 4 rings (SSSR count). The quantitative estimate of drug-likeness (QED) is 0.222. The summed E-state index contributed by atoms with van der Waals surface area (Å²) >= 11 is 1.47. The molecule has 31 heavy (non-hydrogen) atoms. The first-order chi connectivity index (χ1) is 15.0. The number of hydrogen-bond acceptors (Lipinski definition) is 6. The topological polar surface area (TPSA) is 70.2 Å². The van der Waals surface area contributed by atoms with Crippen LogP contribution in [0.1, 0.15) is 17.0 Å². The van der Waals surface area contributed by atoms with Crippen molar-refractivity contribution in [1.29, 1.82) is 0 Å². The monoisotopic (exact) mass is 437 g/mol. The van der Waals surface area contributed by atoms with Gasteiger partial charge in [-0.05, 0) is 48.4 Å². The Kier molecular flexibility index (Phi) is 6.18. The molecule has 2 heterocycles. The van der Waals surface area contributed by atoms with E-state index in [0.29, 0.717) is 34.6 Å². The first-order valence-corrected chi connectivity index (χ1v) is 10.6. The van der Waals surface area contributed by atoms with Crippen molar-refractivity contribution >= 4 is 22.7 Å². The van der Waals surface area contributed by atoms with Gasteiger partial charge in [0.2, 0.25) is 0 Å². The Morgan fingerprint density at radius 2 is 2.00 bits per heavy atom. The first-order valence-electron chi connectivity index (χ1n) is 9.61. The summed E-state index contributed by atoms with van der Waals surface area (Å²) in [7, 11) is 0. The summed E-state index contributed by atoms with van der Waals surface area (Å²) in [5, 5.41) is 10.1. The highest BCUT2D eigenvalue weighted by Crippen LogP contribution is 2.27. The lowest BCUT2D eigenvalue weighted by molar-refractivity contribution is 0.288. The van der Waals surface area contributed by atoms with Crippen LogP contribution in [0.2, 0.25) is 0 Å². The van der Waals surface area contributed by atoms with Gasteiger partial charge in [0.1, 0.15) is 23.8 Å². The van der Waals surface area contributed by atoms with Crippen molar-refractivity contribution in [3.63, 3.8) is 0 Å². The zero-order valence-corrected chi connectivity index (χ0v) is 17.7. The molecular formula is C23H20FN3O3S. The lowest BCUT2D eigenvalue weighted by Gasteiger charge is -2.10. The van der Waals surface area contributed by atoms with Crippen LogP contribution in [-0.4, -0.2) is 14.8 Å². The Hall–Kier alpha value is -3.39. The van der Waals surface area contributed by atoms with Gasteiger partial charge in [-0.2, -0.15) is 0 Å². The molecule has 4 aromatic rings. The Morgan fingerprint density at radius 3 is 2.77 bits per heavy atom. The van der Waals surface area contributed by atoms with Crippen molar-refractivity contribution in [2.45, 2.75) is 31.0 Å². The summed E-state index contributed by atoms with van der Waals surface area (Å²) in [6.45, 7) is 6.45. The second kappa shape index (κ2) is 9.18. The van der Waals surface area contributed by atoms with Crippen LogP contribution in [0.3, 0.4) is 0 Å². The van der Waals surface area contributed by atoms with Gasteiger partial charge in [-0.3, -0.25) is 4.57 Å². The summed E-state index contributed by atoms with van der Waals surface area (Å²) in [5.41, 5.74) is 2.09. The van der Waals surface area contributed by atoms with Crippen LogP contribution in [-0.2, 0) is 18.9 Å². The maximum atomic E-state index is 13.1. The van der Waals surface area contributed by atoms with Crippen molar-refractivity contribution < 1.29 is 13.5 Å². The van der Waals surface area contributed by atoms with Crippen LogP contribution in [0.25, 0.3) is 11.0 Å². The Balaban J connectivity index is 1.54. The molecule has 158 valence electrons. The molecule has 0 N–H and O–H groups in total. The number of rotatable bonds is 8. The molecule has 0 aliphatic heterocycles. The van der Waals surface area contributed by atoms with Crippen molar-refractivity contribution in [2.75, 3.05) is 0 Å². The third-order valence-electron chi connectivity index (χ3n) is 4.63. The first kappa shape index (κ1) is 20.9. The normalized spacial score (nSPS) is 11.0. The van der Waals surface area contributed by atoms with E-state index in [-0.39, 0.29) is 18.0 Å². The maximum absolute atomic E-state index is 13.1. The molecule has 2 aromatic carbocycles. The highest BCUT2D eigenvalue weighted by Gasteiger charge is 2.14. The van der Waals surface area contributed by atoms with Crippen molar-refractivity contribution in [3.05, 3.63) is 94.4 Å². The van der Waals surface area contributed by atoms with E-state index in [4.69, 9.17) is 9.15 Å². The number of aryl methyl sites for hydroxylation is 1. The molecule has 0 amide bonds. The lowest BCUT2D eigenvalue weighted by atomic mass is 10.1. The molecule has 0 fully saturated rings. The maximum Gasteiger partial charge on any atom is 0.336 e. The van der Waals surface area contributed by atoms with Crippen LogP contribution >= 0.6 is 11.8 Å². The minimum absolute atomic E-state index is 0.185. The molecule has 0 unspecified atom stereocenters. The molecule has 0 saturated carbocycles. The smallest absolute Gasteiger partial charge is 0.336 e. The number of benzene rings is 2. The minimum Gasteiger partial charge on any atom is -0.486 e. The second-order valence-electron chi connectivity index (χ2n) is 6.92. The molecule has 2 aromatic heterocycles. The molecule has 0 radical (unpaired) electrons. The SMILES string of the molecule is C=CCn1c(COc2ccc(F)cc2)nnc1SCc1cc(=O)oc2cc(C)ccc12. The highest BCUT2D eigenvalue weighted by atomic mass is 32.2. The summed E-state index contributed by atoms with van der Waals surface area (Å²) in [4.78, 5) is 12.0. The Bertz CT molecular complexity index is 1280. The zero-order chi connectivity index (χ0) is 21.8. The number of fused-ring (bicyclic) bond motifs is 1. The van der Waals surface area contributed by atoms with E-state index in [1.54, 1.807) is 18.2 Å². The largest absolute Gasteiger partial charge is 0.486 e. The Labute approximate surface area is 182 Å². The van der Waals surface area contributed by atoms with Gasteiger partial charge in [0.05, 0.1) is 0 Å². The van der Waals surface area contributed by atoms with Crippen molar-refractivity contribution in [2.24, 2.45) is 0 Å². The number of thioether (sulfide) groups is 1. The summed E-state index contributed by atoms with van der Waals surface area (Å²) in [6, 6.07) is 13.1. The van der Waals surface area contributed by atoms with Gasteiger partial charge < -0.3 is 9.15 Å². The van der Waals surface area contributed by atoms with Crippen LogP contribution in [0.15, 0.2) is 75.6 Å². The van der Waals surface area contributed by atoms with Gasteiger partial charge in [0.25, 0.3) is 0 Å². The van der Waals surface area contributed by atoms with Gasteiger partial charge in [0.15, 0.2) is 11.0 Å². The average Bonchev–Trinajstić information content (AvgIpc) is 3.13. The zero-order valence-electron chi connectivity index (χ0n) is 16.9. The van der Waals surface area contributed by atoms with Crippen LogP contribution < -0.4 is 10.4 Å². The predicted octanol–water partition coefficient (Wildman–Crippen LogP) is 4.89. The van der Waals surface area contributed by atoms with Crippen molar-refractivity contribution in [1.82, 2.24) is 14.8 Å². The summed E-state index contributed by atoms with van der Waals surface area (Å²) in [5.74, 6) is 1.37. The van der Waals surface area contributed by atoms with Crippen molar-refractivity contribution in [3.8, 4) is 5.75 Å². The number of aromatic nitrogens is 3. The Morgan fingerprint density at radius 1 is 1.19 bits per heavy atom. The van der Waals surface area contributed by atoms with E-state index < -0.39 is 0 Å². The fourth-order valence-corrected chi connectivity index (χ4v) is 4.08. The van der Waals surface area contributed by atoms with E-state index >= 15 is 0 Å². The van der Waals surface area contributed by atoms with E-state index in [1.165, 1.54) is 30.0 Å². The third-order valence-corrected chi connectivity index (χ3v) is 5.64. The number of allylic oxidation sites excluding steroid dienone is 1. The van der Waals surface area contributed by atoms with E-state index in [2.05, 4.69) is 16.8 Å². The van der Waals surface area contributed by atoms with Crippen LogP contribution in [0.4, 0.5) is 4.39 Å². The molecule has 6 nitrogen and oxygen atoms in total. The number of ether oxygens (including phenoxy) is 1. The van der Waals surface area contributed by atoms with Gasteiger partial charge in [-0.1, -0.05) is 30.0 Å². The molecule has 0 aliphatic rings. The van der Waals surface area contributed by atoms with E-state index in [9.17, 15) is 9.18 Å².